The number of hydrogen-bond acceptors (Lipinski definition) is 5. The quantitative estimate of drug-likeness (QED) is 0.746. The van der Waals surface area contributed by atoms with E-state index in [0.717, 1.165) is 32.5 Å². The van der Waals surface area contributed by atoms with Crippen LogP contribution in [0, 0.1) is 0 Å². The number of rotatable bonds is 6. The predicted octanol–water partition coefficient (Wildman–Crippen LogP) is 2.70. The van der Waals surface area contributed by atoms with Crippen LogP contribution < -0.4 is 5.32 Å². The summed E-state index contributed by atoms with van der Waals surface area (Å²) in [4.78, 5) is 29.7. The van der Waals surface area contributed by atoms with E-state index in [4.69, 9.17) is 4.74 Å². The van der Waals surface area contributed by atoms with E-state index in [1.165, 1.54) is 5.56 Å². The van der Waals surface area contributed by atoms with Crippen molar-refractivity contribution >= 4 is 11.9 Å². The topological polar surface area (TPSA) is 61.9 Å². The molecule has 0 spiro atoms. The lowest BCUT2D eigenvalue weighted by molar-refractivity contribution is -0.138. The highest BCUT2D eigenvalue weighted by Gasteiger charge is 2.40. The third-order valence-corrected chi connectivity index (χ3v) is 5.59. The van der Waals surface area contributed by atoms with Gasteiger partial charge in [0, 0.05) is 31.2 Å². The summed E-state index contributed by atoms with van der Waals surface area (Å²) in [6.45, 7) is 11.2. The normalized spacial score (nSPS) is 19.0. The molecule has 1 fully saturated rings. The third kappa shape index (κ3) is 5.18. The molecule has 1 N–H and O–H groups in total. The number of esters is 1. The van der Waals surface area contributed by atoms with Gasteiger partial charge in [-0.3, -0.25) is 9.69 Å². The molecule has 0 saturated carbocycles. The van der Waals surface area contributed by atoms with Crippen LogP contribution in [0.15, 0.2) is 41.6 Å². The first-order valence-corrected chi connectivity index (χ1v) is 10.5. The van der Waals surface area contributed by atoms with Crippen LogP contribution in [0.5, 0.6) is 0 Å². The van der Waals surface area contributed by atoms with Crippen LogP contribution in [-0.2, 0) is 20.9 Å². The number of amides is 1. The maximum atomic E-state index is 13.0. The average molecular weight is 400 g/mol. The zero-order valence-corrected chi connectivity index (χ0v) is 18.0. The summed E-state index contributed by atoms with van der Waals surface area (Å²) in [6.07, 6.45) is 1.88. The molecule has 6 heteroatoms. The van der Waals surface area contributed by atoms with Crippen molar-refractivity contribution in [1.29, 1.82) is 0 Å². The molecule has 0 radical (unpaired) electrons. The number of nitrogens with one attached hydrogen (secondary N) is 1. The Morgan fingerprint density at radius 1 is 1.17 bits per heavy atom. The Bertz CT molecular complexity index is 759. The van der Waals surface area contributed by atoms with Crippen LogP contribution >= 0.6 is 0 Å². The van der Waals surface area contributed by atoms with E-state index in [9.17, 15) is 9.59 Å². The number of ether oxygens (including phenoxy) is 1. The largest absolute Gasteiger partial charge is 0.463 e. The maximum absolute atomic E-state index is 13.0. The van der Waals surface area contributed by atoms with Gasteiger partial charge >= 0.3 is 5.97 Å². The molecule has 2 aliphatic rings. The van der Waals surface area contributed by atoms with Crippen molar-refractivity contribution in [2.45, 2.75) is 58.7 Å². The molecular formula is C23H33N3O3. The fourth-order valence-corrected chi connectivity index (χ4v) is 3.93. The number of nitrogens with zero attached hydrogens (tertiary/aromatic N) is 2. The van der Waals surface area contributed by atoms with E-state index in [-0.39, 0.29) is 17.5 Å². The molecule has 1 amide bonds. The smallest absolute Gasteiger partial charge is 0.338 e. The minimum absolute atomic E-state index is 0.104. The van der Waals surface area contributed by atoms with Crippen molar-refractivity contribution in [3.63, 3.8) is 0 Å². The van der Waals surface area contributed by atoms with Crippen LogP contribution in [0.1, 0.15) is 46.1 Å². The average Bonchev–Trinajstić information content (AvgIpc) is 3.01. The van der Waals surface area contributed by atoms with E-state index in [1.807, 2.05) is 26.8 Å². The summed E-state index contributed by atoms with van der Waals surface area (Å²) in [5.74, 6) is -0.496. The minimum atomic E-state index is -0.392. The van der Waals surface area contributed by atoms with Crippen LogP contribution in [0.4, 0.5) is 0 Å². The molecule has 1 saturated heterocycles. The van der Waals surface area contributed by atoms with Gasteiger partial charge in [-0.05, 0) is 46.1 Å². The highest BCUT2D eigenvalue weighted by atomic mass is 16.5. The number of carbonyl (C=O) groups excluding carboxylic acids is 2. The van der Waals surface area contributed by atoms with Gasteiger partial charge in [0.15, 0.2) is 0 Å². The van der Waals surface area contributed by atoms with Gasteiger partial charge in [0.25, 0.3) is 5.91 Å². The van der Waals surface area contributed by atoms with Crippen molar-refractivity contribution < 1.29 is 14.3 Å². The number of benzene rings is 1. The summed E-state index contributed by atoms with van der Waals surface area (Å²) in [7, 11) is 0. The van der Waals surface area contributed by atoms with Gasteiger partial charge in [-0.2, -0.15) is 0 Å². The van der Waals surface area contributed by atoms with Crippen molar-refractivity contribution in [3.8, 4) is 0 Å². The molecule has 0 aliphatic carbocycles. The molecule has 2 heterocycles. The number of piperidine rings is 1. The zero-order chi connectivity index (χ0) is 21.0. The lowest BCUT2D eigenvalue weighted by Crippen LogP contribution is -2.46. The van der Waals surface area contributed by atoms with Crippen molar-refractivity contribution in [2.75, 3.05) is 26.2 Å². The number of hydrogen-bond donors (Lipinski definition) is 1. The second kappa shape index (κ2) is 8.99. The first-order chi connectivity index (χ1) is 13.8. The molecule has 2 aliphatic heterocycles. The zero-order valence-electron chi connectivity index (χ0n) is 18.0. The molecule has 0 atom stereocenters. The van der Waals surface area contributed by atoms with E-state index in [2.05, 4.69) is 34.5 Å². The van der Waals surface area contributed by atoms with Crippen LogP contribution in [0.2, 0.25) is 0 Å². The Labute approximate surface area is 173 Å². The Morgan fingerprint density at radius 3 is 2.41 bits per heavy atom. The van der Waals surface area contributed by atoms with Gasteiger partial charge in [-0.1, -0.05) is 30.3 Å². The second-order valence-electron chi connectivity index (χ2n) is 8.82. The fourth-order valence-electron chi connectivity index (χ4n) is 3.93. The molecule has 158 valence electrons. The maximum Gasteiger partial charge on any atom is 0.338 e. The summed E-state index contributed by atoms with van der Waals surface area (Å²) in [6, 6.07) is 10.7. The predicted molar refractivity (Wildman–Crippen MR) is 113 cm³/mol. The van der Waals surface area contributed by atoms with Crippen molar-refractivity contribution in [2.24, 2.45) is 0 Å². The van der Waals surface area contributed by atoms with E-state index in [0.29, 0.717) is 24.4 Å². The SMILES string of the molecule is CCOC(=O)C1=C(NC2CCN(Cc3ccccc3)CC2)C(=O)N(C(C)(C)C)C1. The van der Waals surface area contributed by atoms with Gasteiger partial charge in [0.2, 0.25) is 0 Å². The highest BCUT2D eigenvalue weighted by molar-refractivity contribution is 6.06. The van der Waals surface area contributed by atoms with Crippen LogP contribution in [-0.4, -0.2) is 59.5 Å². The van der Waals surface area contributed by atoms with Gasteiger partial charge < -0.3 is 15.0 Å². The number of carbonyl (C=O) groups is 2. The highest BCUT2D eigenvalue weighted by Crippen LogP contribution is 2.27. The monoisotopic (exact) mass is 399 g/mol. The Balaban J connectivity index is 1.64. The fraction of sp³-hybridized carbons (Fsp3) is 0.565. The molecule has 1 aromatic rings. The summed E-state index contributed by atoms with van der Waals surface area (Å²) in [5.41, 5.74) is 1.86. The molecule has 0 bridgehead atoms. The van der Waals surface area contributed by atoms with E-state index in [1.54, 1.807) is 11.8 Å². The first kappa shape index (κ1) is 21.4. The Morgan fingerprint density at radius 2 is 1.83 bits per heavy atom. The van der Waals surface area contributed by atoms with Crippen molar-refractivity contribution in [3.05, 3.63) is 47.2 Å². The van der Waals surface area contributed by atoms with Gasteiger partial charge in [-0.25, -0.2) is 4.79 Å². The minimum Gasteiger partial charge on any atom is -0.463 e. The lowest BCUT2D eigenvalue weighted by Gasteiger charge is -2.34. The molecular weight excluding hydrogens is 366 g/mol. The number of likely N-dealkylation sites (tertiary alicyclic amines) is 1. The molecule has 29 heavy (non-hydrogen) atoms. The molecule has 6 nitrogen and oxygen atoms in total. The summed E-state index contributed by atoms with van der Waals surface area (Å²) in [5, 5.41) is 3.40. The van der Waals surface area contributed by atoms with E-state index < -0.39 is 5.97 Å². The van der Waals surface area contributed by atoms with E-state index >= 15 is 0 Å². The van der Waals surface area contributed by atoms with Gasteiger partial charge in [-0.15, -0.1) is 0 Å². The van der Waals surface area contributed by atoms with Gasteiger partial charge in [0.05, 0.1) is 18.7 Å². The summed E-state index contributed by atoms with van der Waals surface area (Å²) < 4.78 is 5.21. The van der Waals surface area contributed by atoms with Crippen molar-refractivity contribution in [1.82, 2.24) is 15.1 Å². The Hall–Kier alpha value is -2.34. The van der Waals surface area contributed by atoms with Gasteiger partial charge in [0.1, 0.15) is 5.70 Å². The molecule has 0 aromatic heterocycles. The molecule has 0 unspecified atom stereocenters. The van der Waals surface area contributed by atoms with Crippen LogP contribution in [0.25, 0.3) is 0 Å². The first-order valence-electron chi connectivity index (χ1n) is 10.5. The molecule has 3 rings (SSSR count). The third-order valence-electron chi connectivity index (χ3n) is 5.59. The van der Waals surface area contributed by atoms with Crippen LogP contribution in [0.3, 0.4) is 0 Å². The lowest BCUT2D eigenvalue weighted by atomic mass is 10.0. The standard InChI is InChI=1S/C23H33N3O3/c1-5-29-22(28)19-16-26(23(2,3)4)21(27)20(19)24-18-11-13-25(14-12-18)15-17-9-7-6-8-10-17/h6-10,18,24H,5,11-16H2,1-4H3. The second-order valence-corrected chi connectivity index (χ2v) is 8.82. The summed E-state index contributed by atoms with van der Waals surface area (Å²) >= 11 is 0. The Kier molecular flexibility index (Phi) is 6.63. The molecule has 1 aromatic carbocycles.